The van der Waals surface area contributed by atoms with Crippen molar-refractivity contribution in [2.45, 2.75) is 46.5 Å². The highest BCUT2D eigenvalue weighted by molar-refractivity contribution is 5.91. The largest absolute Gasteiger partial charge is 0.399 e. The molecule has 0 saturated heterocycles. The maximum Gasteiger partial charge on any atom is 0.244 e. The topological polar surface area (TPSA) is 55.1 Å². The molecule has 1 rings (SSSR count). The van der Waals surface area contributed by atoms with Gasteiger partial charge in [0.25, 0.3) is 0 Å². The fourth-order valence-corrected chi connectivity index (χ4v) is 2.11. The lowest BCUT2D eigenvalue weighted by molar-refractivity contribution is -0.116. The van der Waals surface area contributed by atoms with Crippen LogP contribution in [-0.2, 0) is 4.79 Å². The molecule has 1 amide bonds. The zero-order valence-electron chi connectivity index (χ0n) is 13.5. The van der Waals surface area contributed by atoms with E-state index in [1.165, 1.54) is 19.3 Å². The van der Waals surface area contributed by atoms with Crippen LogP contribution in [0.5, 0.6) is 0 Å². The van der Waals surface area contributed by atoms with Crippen molar-refractivity contribution in [2.24, 2.45) is 5.41 Å². The average molecular weight is 288 g/mol. The first-order valence-electron chi connectivity index (χ1n) is 7.74. The van der Waals surface area contributed by atoms with Crippen molar-refractivity contribution in [3.8, 4) is 0 Å². The van der Waals surface area contributed by atoms with Gasteiger partial charge in [-0.15, -0.1) is 0 Å². The molecule has 0 aliphatic carbocycles. The van der Waals surface area contributed by atoms with Gasteiger partial charge in [-0.05, 0) is 35.6 Å². The second kappa shape index (κ2) is 8.50. The first-order chi connectivity index (χ1) is 9.93. The zero-order chi connectivity index (χ0) is 15.7. The van der Waals surface area contributed by atoms with Crippen LogP contribution in [0.4, 0.5) is 5.69 Å². The van der Waals surface area contributed by atoms with Crippen LogP contribution in [0, 0.1) is 5.41 Å². The smallest absolute Gasteiger partial charge is 0.244 e. The summed E-state index contributed by atoms with van der Waals surface area (Å²) in [5.41, 5.74) is 7.48. The number of rotatable bonds is 8. The molecule has 0 aromatic heterocycles. The molecule has 0 bridgehead atoms. The summed E-state index contributed by atoms with van der Waals surface area (Å²) in [6.45, 7) is 7.32. The predicted molar refractivity (Wildman–Crippen MR) is 90.8 cm³/mol. The first kappa shape index (κ1) is 17.3. The summed E-state index contributed by atoms with van der Waals surface area (Å²) in [6.07, 6.45) is 8.23. The lowest BCUT2D eigenvalue weighted by atomic mass is 9.87. The molecule has 0 atom stereocenters. The summed E-state index contributed by atoms with van der Waals surface area (Å²) in [5, 5.41) is 2.98. The van der Waals surface area contributed by atoms with Crippen molar-refractivity contribution in [2.75, 3.05) is 12.3 Å². The zero-order valence-corrected chi connectivity index (χ0v) is 13.5. The van der Waals surface area contributed by atoms with Crippen molar-refractivity contribution >= 4 is 17.7 Å². The van der Waals surface area contributed by atoms with Gasteiger partial charge in [0.15, 0.2) is 0 Å². The molecule has 3 nitrogen and oxygen atoms in total. The Hall–Kier alpha value is -1.77. The number of nitrogens with two attached hydrogens (primary N) is 1. The van der Waals surface area contributed by atoms with Crippen LogP contribution in [0.25, 0.3) is 6.08 Å². The molecular weight excluding hydrogens is 260 g/mol. The molecular formula is C18H28N2O. The Balaban J connectivity index is 2.37. The van der Waals surface area contributed by atoms with E-state index in [9.17, 15) is 4.79 Å². The van der Waals surface area contributed by atoms with Crippen molar-refractivity contribution < 1.29 is 4.79 Å². The number of unbranched alkanes of at least 4 members (excludes halogenated alkanes) is 2. The van der Waals surface area contributed by atoms with E-state index in [1.807, 2.05) is 24.3 Å². The summed E-state index contributed by atoms with van der Waals surface area (Å²) >= 11 is 0. The van der Waals surface area contributed by atoms with Crippen molar-refractivity contribution in [3.05, 3.63) is 35.9 Å². The van der Waals surface area contributed by atoms with Gasteiger partial charge in [0.1, 0.15) is 0 Å². The van der Waals surface area contributed by atoms with Crippen LogP contribution in [0.3, 0.4) is 0 Å². The van der Waals surface area contributed by atoms with Crippen LogP contribution in [0.2, 0.25) is 0 Å². The second-order valence-corrected chi connectivity index (χ2v) is 6.34. The molecule has 0 saturated carbocycles. The third-order valence-corrected chi connectivity index (χ3v) is 3.56. The molecule has 1 aromatic carbocycles. The van der Waals surface area contributed by atoms with Crippen molar-refractivity contribution in [1.29, 1.82) is 0 Å². The Kier molecular flexibility index (Phi) is 7.00. The van der Waals surface area contributed by atoms with Gasteiger partial charge in [0, 0.05) is 18.3 Å². The normalized spacial score (nSPS) is 11.8. The highest BCUT2D eigenvalue weighted by Crippen LogP contribution is 2.22. The van der Waals surface area contributed by atoms with E-state index in [2.05, 4.69) is 26.1 Å². The van der Waals surface area contributed by atoms with Gasteiger partial charge in [-0.1, -0.05) is 52.2 Å². The fraction of sp³-hybridized carbons (Fsp3) is 0.500. The van der Waals surface area contributed by atoms with Crippen LogP contribution in [0.15, 0.2) is 30.3 Å². The number of amides is 1. The minimum absolute atomic E-state index is 0.0459. The molecule has 0 heterocycles. The summed E-state index contributed by atoms with van der Waals surface area (Å²) in [5.74, 6) is -0.0459. The van der Waals surface area contributed by atoms with Gasteiger partial charge in [-0.25, -0.2) is 0 Å². The lowest BCUT2D eigenvalue weighted by Gasteiger charge is -2.24. The molecule has 21 heavy (non-hydrogen) atoms. The summed E-state index contributed by atoms with van der Waals surface area (Å²) in [7, 11) is 0. The molecule has 0 aliphatic heterocycles. The molecule has 0 radical (unpaired) electrons. The molecule has 116 valence electrons. The Morgan fingerprint density at radius 2 is 1.90 bits per heavy atom. The second-order valence-electron chi connectivity index (χ2n) is 6.34. The number of anilines is 1. The van der Waals surface area contributed by atoms with Gasteiger partial charge in [-0.2, -0.15) is 0 Å². The van der Waals surface area contributed by atoms with Gasteiger partial charge >= 0.3 is 0 Å². The van der Waals surface area contributed by atoms with Crippen LogP contribution in [-0.4, -0.2) is 12.5 Å². The van der Waals surface area contributed by atoms with Gasteiger partial charge < -0.3 is 11.1 Å². The molecule has 0 unspecified atom stereocenters. The molecule has 3 heteroatoms. The van der Waals surface area contributed by atoms with Crippen LogP contribution < -0.4 is 11.1 Å². The average Bonchev–Trinajstić information content (AvgIpc) is 2.45. The van der Waals surface area contributed by atoms with Gasteiger partial charge in [0.2, 0.25) is 5.91 Å². The third kappa shape index (κ3) is 7.54. The minimum atomic E-state index is -0.0459. The SMILES string of the molecule is CCCCCC(C)(C)CNC(=O)/C=C/c1ccc(N)cc1. The number of carbonyl (C=O) groups excluding carboxylic acids is 1. The van der Waals surface area contributed by atoms with Gasteiger partial charge in [0.05, 0.1) is 0 Å². The van der Waals surface area contributed by atoms with E-state index >= 15 is 0 Å². The maximum atomic E-state index is 11.8. The Morgan fingerprint density at radius 1 is 1.24 bits per heavy atom. The number of carbonyl (C=O) groups is 1. The van der Waals surface area contributed by atoms with Crippen LogP contribution in [0.1, 0.15) is 52.0 Å². The first-order valence-corrected chi connectivity index (χ1v) is 7.74. The maximum absolute atomic E-state index is 11.8. The summed E-state index contributed by atoms with van der Waals surface area (Å²) in [4.78, 5) is 11.8. The molecule has 0 fully saturated rings. The highest BCUT2D eigenvalue weighted by atomic mass is 16.1. The number of hydrogen-bond donors (Lipinski definition) is 2. The fourth-order valence-electron chi connectivity index (χ4n) is 2.11. The summed E-state index contributed by atoms with van der Waals surface area (Å²) < 4.78 is 0. The third-order valence-electron chi connectivity index (χ3n) is 3.56. The van der Waals surface area contributed by atoms with Crippen molar-refractivity contribution in [1.82, 2.24) is 5.32 Å². The van der Waals surface area contributed by atoms with E-state index in [0.717, 1.165) is 17.7 Å². The number of hydrogen-bond acceptors (Lipinski definition) is 2. The monoisotopic (exact) mass is 288 g/mol. The number of nitrogens with one attached hydrogen (secondary N) is 1. The summed E-state index contributed by atoms with van der Waals surface area (Å²) in [6, 6.07) is 7.45. The molecule has 3 N–H and O–H groups in total. The van der Waals surface area contributed by atoms with E-state index in [0.29, 0.717) is 6.54 Å². The molecule has 1 aromatic rings. The lowest BCUT2D eigenvalue weighted by Crippen LogP contribution is -2.32. The van der Waals surface area contributed by atoms with Gasteiger partial charge in [-0.3, -0.25) is 4.79 Å². The number of nitrogen functional groups attached to an aromatic ring is 1. The molecule has 0 aliphatic rings. The number of benzene rings is 1. The van der Waals surface area contributed by atoms with E-state index in [4.69, 9.17) is 5.73 Å². The Labute approximate surface area is 128 Å². The Bertz CT molecular complexity index is 461. The van der Waals surface area contributed by atoms with E-state index in [1.54, 1.807) is 12.2 Å². The predicted octanol–water partition coefficient (Wildman–Crippen LogP) is 4.00. The quantitative estimate of drug-likeness (QED) is 0.431. The van der Waals surface area contributed by atoms with Crippen LogP contribution >= 0.6 is 0 Å². The standard InChI is InChI=1S/C18H28N2O/c1-4-5-6-13-18(2,3)14-20-17(21)12-9-15-7-10-16(19)11-8-15/h7-12H,4-6,13-14,19H2,1-3H3,(H,20,21)/b12-9+. The highest BCUT2D eigenvalue weighted by Gasteiger charge is 2.17. The van der Waals surface area contributed by atoms with E-state index < -0.39 is 0 Å². The minimum Gasteiger partial charge on any atom is -0.399 e. The Morgan fingerprint density at radius 3 is 2.52 bits per heavy atom. The van der Waals surface area contributed by atoms with Crippen molar-refractivity contribution in [3.63, 3.8) is 0 Å². The van der Waals surface area contributed by atoms with E-state index in [-0.39, 0.29) is 11.3 Å². The molecule has 0 spiro atoms.